The zero-order chi connectivity index (χ0) is 16.4. The van der Waals surface area contributed by atoms with Crippen molar-refractivity contribution < 1.29 is 9.18 Å². The third-order valence-electron chi connectivity index (χ3n) is 3.58. The number of amides is 1. The molecule has 6 heteroatoms. The first kappa shape index (κ1) is 15.5. The van der Waals surface area contributed by atoms with Crippen molar-refractivity contribution in [2.24, 2.45) is 5.10 Å². The van der Waals surface area contributed by atoms with Crippen LogP contribution in [-0.2, 0) is 4.79 Å². The Kier molecular flexibility index (Phi) is 4.30. The van der Waals surface area contributed by atoms with E-state index in [1.165, 1.54) is 19.1 Å². The summed E-state index contributed by atoms with van der Waals surface area (Å²) >= 11 is 5.95. The second kappa shape index (κ2) is 6.38. The van der Waals surface area contributed by atoms with Crippen LogP contribution in [0, 0.1) is 5.82 Å². The van der Waals surface area contributed by atoms with E-state index >= 15 is 0 Å². The highest BCUT2D eigenvalue weighted by Crippen LogP contribution is 2.35. The van der Waals surface area contributed by atoms with Crippen molar-refractivity contribution in [3.63, 3.8) is 0 Å². The fourth-order valence-corrected chi connectivity index (χ4v) is 2.69. The molecule has 0 saturated heterocycles. The molecular weight excluding hydrogens is 317 g/mol. The van der Waals surface area contributed by atoms with E-state index in [1.54, 1.807) is 17.1 Å². The Hall–Kier alpha value is -2.40. The maximum absolute atomic E-state index is 13.2. The third kappa shape index (κ3) is 3.51. The smallest absolute Gasteiger partial charge is 0.222 e. The van der Waals surface area contributed by atoms with E-state index in [0.717, 1.165) is 11.3 Å². The highest BCUT2D eigenvalue weighted by atomic mass is 35.5. The summed E-state index contributed by atoms with van der Waals surface area (Å²) in [5.41, 5.74) is 1.77. The molecule has 1 aliphatic heterocycles. The molecule has 2 aromatic rings. The first-order valence-corrected chi connectivity index (χ1v) is 7.56. The van der Waals surface area contributed by atoms with Crippen LogP contribution in [0.3, 0.4) is 0 Å². The van der Waals surface area contributed by atoms with Gasteiger partial charge >= 0.3 is 0 Å². The van der Waals surface area contributed by atoms with Gasteiger partial charge in [-0.3, -0.25) is 9.80 Å². The lowest BCUT2D eigenvalue weighted by Gasteiger charge is -2.23. The summed E-state index contributed by atoms with van der Waals surface area (Å²) in [6.45, 7) is 1.44. The molecule has 0 aromatic heterocycles. The number of hydrogen-bond acceptors (Lipinski definition) is 3. The summed E-state index contributed by atoms with van der Waals surface area (Å²) in [4.78, 5) is 11.3. The number of nitrogens with zero attached hydrogens (tertiary/aromatic N) is 2. The van der Waals surface area contributed by atoms with Gasteiger partial charge in [0.2, 0.25) is 5.91 Å². The monoisotopic (exact) mass is 331 g/mol. The van der Waals surface area contributed by atoms with Crippen molar-refractivity contribution in [3.8, 4) is 0 Å². The van der Waals surface area contributed by atoms with Crippen LogP contribution >= 0.6 is 11.6 Å². The van der Waals surface area contributed by atoms with Gasteiger partial charge in [0.25, 0.3) is 0 Å². The number of hydrogen-bond donors (Lipinski definition) is 1. The number of carbonyl (C=O) groups is 1. The van der Waals surface area contributed by atoms with Gasteiger partial charge in [-0.2, -0.15) is 5.10 Å². The predicted octanol–water partition coefficient (Wildman–Crippen LogP) is 3.88. The van der Waals surface area contributed by atoms with Gasteiger partial charge in [0, 0.05) is 18.4 Å². The van der Waals surface area contributed by atoms with E-state index in [4.69, 9.17) is 11.6 Å². The van der Waals surface area contributed by atoms with Crippen LogP contribution < -0.4 is 10.3 Å². The zero-order valence-electron chi connectivity index (χ0n) is 12.5. The number of hydrazone groups is 1. The van der Waals surface area contributed by atoms with E-state index in [1.807, 2.05) is 24.3 Å². The number of rotatable bonds is 2. The average Bonchev–Trinajstić information content (AvgIpc) is 2.91. The first-order valence-electron chi connectivity index (χ1n) is 7.18. The summed E-state index contributed by atoms with van der Waals surface area (Å²) in [6.07, 6.45) is 0.554. The largest absolute Gasteiger partial charge is 0.313 e. The topological polar surface area (TPSA) is 44.7 Å². The molecular formula is C17H15ClFN3O. The van der Waals surface area contributed by atoms with Gasteiger partial charge in [0.05, 0.1) is 11.7 Å². The lowest BCUT2D eigenvalue weighted by atomic mass is 10.0. The van der Waals surface area contributed by atoms with Crippen molar-refractivity contribution in [2.75, 3.05) is 5.01 Å². The fourth-order valence-electron chi connectivity index (χ4n) is 2.56. The van der Waals surface area contributed by atoms with E-state index in [-0.39, 0.29) is 17.8 Å². The number of nitrogens with one attached hydrogen (secondary N) is 1. The standard InChI is InChI=1S/C17H15ClFN3O/c1-11(23)20-17-10-16(12-2-4-13(18)5-3-12)22(21-17)15-8-6-14(19)7-9-15/h2-9,16H,10H2,1H3,(H,20,21,23). The van der Waals surface area contributed by atoms with E-state index in [0.29, 0.717) is 17.3 Å². The lowest BCUT2D eigenvalue weighted by molar-refractivity contribution is -0.117. The lowest BCUT2D eigenvalue weighted by Crippen LogP contribution is -2.26. The minimum Gasteiger partial charge on any atom is -0.313 e. The van der Waals surface area contributed by atoms with E-state index in [9.17, 15) is 9.18 Å². The van der Waals surface area contributed by atoms with Crippen LogP contribution in [0.25, 0.3) is 0 Å². The summed E-state index contributed by atoms with van der Waals surface area (Å²) in [7, 11) is 0. The van der Waals surface area contributed by atoms with Gasteiger partial charge in [-0.25, -0.2) is 4.39 Å². The molecule has 23 heavy (non-hydrogen) atoms. The molecule has 0 bridgehead atoms. The highest BCUT2D eigenvalue weighted by Gasteiger charge is 2.29. The van der Waals surface area contributed by atoms with Crippen LogP contribution in [0.5, 0.6) is 0 Å². The summed E-state index contributed by atoms with van der Waals surface area (Å²) < 4.78 is 13.2. The van der Waals surface area contributed by atoms with Crippen molar-refractivity contribution in [3.05, 3.63) is 64.9 Å². The third-order valence-corrected chi connectivity index (χ3v) is 3.83. The van der Waals surface area contributed by atoms with Crippen LogP contribution in [0.15, 0.2) is 53.6 Å². The van der Waals surface area contributed by atoms with Gasteiger partial charge in [-0.1, -0.05) is 23.7 Å². The van der Waals surface area contributed by atoms with Crippen LogP contribution in [-0.4, -0.2) is 11.7 Å². The Balaban J connectivity index is 1.95. The second-order valence-electron chi connectivity index (χ2n) is 5.32. The second-order valence-corrected chi connectivity index (χ2v) is 5.76. The molecule has 0 aliphatic carbocycles. The molecule has 0 spiro atoms. The Morgan fingerprint density at radius 3 is 2.48 bits per heavy atom. The van der Waals surface area contributed by atoms with Crippen LogP contribution in [0.2, 0.25) is 5.02 Å². The number of anilines is 1. The number of halogens is 2. The van der Waals surface area contributed by atoms with Crippen molar-refractivity contribution in [1.82, 2.24) is 5.32 Å². The van der Waals surface area contributed by atoms with E-state index in [2.05, 4.69) is 10.4 Å². The minimum atomic E-state index is -0.304. The molecule has 2 aromatic carbocycles. The van der Waals surface area contributed by atoms with Crippen molar-refractivity contribution >= 4 is 29.0 Å². The molecule has 4 nitrogen and oxygen atoms in total. The number of benzene rings is 2. The summed E-state index contributed by atoms with van der Waals surface area (Å²) in [5.74, 6) is 0.114. The molecule has 1 unspecified atom stereocenters. The molecule has 1 heterocycles. The molecule has 0 fully saturated rings. The molecule has 1 aliphatic rings. The molecule has 1 N–H and O–H groups in total. The number of carbonyl (C=O) groups excluding carboxylic acids is 1. The SMILES string of the molecule is CC(=O)NC1=NN(c2ccc(F)cc2)C(c2ccc(Cl)cc2)C1. The molecule has 118 valence electrons. The van der Waals surface area contributed by atoms with Gasteiger partial charge in [-0.05, 0) is 42.0 Å². The minimum absolute atomic E-state index is 0.0837. The summed E-state index contributed by atoms with van der Waals surface area (Å²) in [6, 6.07) is 13.5. The van der Waals surface area contributed by atoms with Gasteiger partial charge < -0.3 is 5.32 Å². The fraction of sp³-hybridized carbons (Fsp3) is 0.176. The van der Waals surface area contributed by atoms with Gasteiger partial charge in [0.1, 0.15) is 11.7 Å². The molecule has 1 amide bonds. The van der Waals surface area contributed by atoms with E-state index < -0.39 is 0 Å². The Morgan fingerprint density at radius 2 is 1.87 bits per heavy atom. The zero-order valence-corrected chi connectivity index (χ0v) is 13.2. The highest BCUT2D eigenvalue weighted by molar-refractivity contribution is 6.30. The molecule has 1 atom stereocenters. The predicted molar refractivity (Wildman–Crippen MR) is 88.9 cm³/mol. The maximum atomic E-state index is 13.2. The van der Waals surface area contributed by atoms with Crippen molar-refractivity contribution in [2.45, 2.75) is 19.4 Å². The first-order chi connectivity index (χ1) is 11.0. The quantitative estimate of drug-likeness (QED) is 0.907. The Morgan fingerprint density at radius 1 is 1.22 bits per heavy atom. The average molecular weight is 332 g/mol. The number of amidine groups is 1. The Labute approximate surface area is 138 Å². The van der Waals surface area contributed by atoms with Crippen molar-refractivity contribution in [1.29, 1.82) is 0 Å². The summed E-state index contributed by atoms with van der Waals surface area (Å²) in [5, 5.41) is 9.65. The van der Waals surface area contributed by atoms with Gasteiger partial charge in [0.15, 0.2) is 0 Å². The molecule has 0 saturated carbocycles. The Bertz CT molecular complexity index is 743. The molecule has 3 rings (SSSR count). The van der Waals surface area contributed by atoms with Crippen LogP contribution in [0.1, 0.15) is 24.9 Å². The van der Waals surface area contributed by atoms with Gasteiger partial charge in [-0.15, -0.1) is 0 Å². The maximum Gasteiger partial charge on any atom is 0.222 e. The normalized spacial score (nSPS) is 17.1. The molecule has 0 radical (unpaired) electrons. The van der Waals surface area contributed by atoms with Crippen LogP contribution in [0.4, 0.5) is 10.1 Å².